The van der Waals surface area contributed by atoms with Crippen LogP contribution in [0.25, 0.3) is 0 Å². The summed E-state index contributed by atoms with van der Waals surface area (Å²) in [6.45, 7) is 0. The lowest BCUT2D eigenvalue weighted by atomic mass is 10.0. The summed E-state index contributed by atoms with van der Waals surface area (Å²) < 4.78 is 0. The van der Waals surface area contributed by atoms with E-state index in [1.807, 2.05) is 25.2 Å². The lowest BCUT2D eigenvalue weighted by molar-refractivity contribution is -0.115. The zero-order chi connectivity index (χ0) is 10.8. The fourth-order valence-electron chi connectivity index (χ4n) is 1.80. The highest BCUT2D eigenvalue weighted by Gasteiger charge is 2.19. The van der Waals surface area contributed by atoms with E-state index in [2.05, 4.69) is 10.6 Å². The number of hydrogen-bond donors (Lipinski definition) is 2. The van der Waals surface area contributed by atoms with Crippen molar-refractivity contribution in [2.24, 2.45) is 0 Å². The molecule has 0 bridgehead atoms. The van der Waals surface area contributed by atoms with Gasteiger partial charge in [-0.15, -0.1) is 11.6 Å². The minimum absolute atomic E-state index is 0.0639. The SMILES string of the molecule is CNC(CCl)c1ccc2c(c1)CC(=O)N2. The Hall–Kier alpha value is -1.06. The Labute approximate surface area is 93.8 Å². The number of halogens is 1. The summed E-state index contributed by atoms with van der Waals surface area (Å²) in [5, 5.41) is 5.94. The first-order valence-corrected chi connectivity index (χ1v) is 5.44. The van der Waals surface area contributed by atoms with Gasteiger partial charge >= 0.3 is 0 Å². The van der Waals surface area contributed by atoms with Gasteiger partial charge < -0.3 is 10.6 Å². The molecule has 1 atom stereocenters. The molecule has 1 aliphatic rings. The van der Waals surface area contributed by atoms with Crippen LogP contribution >= 0.6 is 11.6 Å². The van der Waals surface area contributed by atoms with Gasteiger partial charge in [0.25, 0.3) is 0 Å². The Morgan fingerprint density at radius 1 is 1.60 bits per heavy atom. The highest BCUT2D eigenvalue weighted by molar-refractivity contribution is 6.18. The van der Waals surface area contributed by atoms with Crippen molar-refractivity contribution >= 4 is 23.2 Å². The van der Waals surface area contributed by atoms with Crippen molar-refractivity contribution in [3.8, 4) is 0 Å². The van der Waals surface area contributed by atoms with E-state index >= 15 is 0 Å². The predicted molar refractivity (Wildman–Crippen MR) is 61.3 cm³/mol. The van der Waals surface area contributed by atoms with E-state index in [1.165, 1.54) is 0 Å². The number of amides is 1. The van der Waals surface area contributed by atoms with Crippen molar-refractivity contribution in [1.29, 1.82) is 0 Å². The van der Waals surface area contributed by atoms with Crippen molar-refractivity contribution in [2.75, 3.05) is 18.2 Å². The minimum Gasteiger partial charge on any atom is -0.326 e. The van der Waals surface area contributed by atoms with Crippen LogP contribution in [0.4, 0.5) is 5.69 Å². The molecule has 1 aliphatic heterocycles. The average Bonchev–Trinajstić information content (AvgIpc) is 2.59. The van der Waals surface area contributed by atoms with Gasteiger partial charge in [0.15, 0.2) is 0 Å². The molecule has 0 aromatic heterocycles. The second-order valence-corrected chi connectivity index (χ2v) is 3.95. The van der Waals surface area contributed by atoms with E-state index in [4.69, 9.17) is 11.6 Å². The third kappa shape index (κ3) is 1.98. The summed E-state index contributed by atoms with van der Waals surface area (Å²) in [4.78, 5) is 11.2. The van der Waals surface area contributed by atoms with E-state index < -0.39 is 0 Å². The topological polar surface area (TPSA) is 41.1 Å². The minimum atomic E-state index is 0.0639. The Kier molecular flexibility index (Phi) is 2.93. The molecule has 80 valence electrons. The van der Waals surface area contributed by atoms with Crippen LogP contribution in [0.15, 0.2) is 18.2 Å². The van der Waals surface area contributed by atoms with Crippen LogP contribution in [-0.2, 0) is 11.2 Å². The van der Waals surface area contributed by atoms with Crippen LogP contribution in [0.2, 0.25) is 0 Å². The summed E-state index contributed by atoms with van der Waals surface area (Å²) >= 11 is 5.84. The largest absolute Gasteiger partial charge is 0.326 e. The van der Waals surface area contributed by atoms with Gasteiger partial charge in [-0.25, -0.2) is 0 Å². The van der Waals surface area contributed by atoms with Gasteiger partial charge in [-0.2, -0.15) is 0 Å². The lowest BCUT2D eigenvalue weighted by Crippen LogP contribution is -2.17. The molecule has 0 spiro atoms. The number of anilines is 1. The van der Waals surface area contributed by atoms with E-state index in [9.17, 15) is 4.79 Å². The van der Waals surface area contributed by atoms with Crippen LogP contribution in [0.3, 0.4) is 0 Å². The summed E-state index contributed by atoms with van der Waals surface area (Å²) in [6, 6.07) is 6.12. The Bertz CT molecular complexity index is 388. The molecule has 2 rings (SSSR count). The van der Waals surface area contributed by atoms with Gasteiger partial charge in [-0.05, 0) is 24.2 Å². The molecular weight excluding hydrogens is 212 g/mol. The summed E-state index contributed by atoms with van der Waals surface area (Å²) in [7, 11) is 1.88. The van der Waals surface area contributed by atoms with Gasteiger partial charge in [0, 0.05) is 17.6 Å². The Balaban J connectivity index is 2.30. The molecule has 2 N–H and O–H groups in total. The second kappa shape index (κ2) is 4.21. The molecule has 0 saturated carbocycles. The van der Waals surface area contributed by atoms with Gasteiger partial charge in [0.1, 0.15) is 0 Å². The van der Waals surface area contributed by atoms with Crippen molar-refractivity contribution in [1.82, 2.24) is 5.32 Å². The number of rotatable bonds is 3. The van der Waals surface area contributed by atoms with Gasteiger partial charge in [-0.1, -0.05) is 12.1 Å². The Morgan fingerprint density at radius 3 is 3.07 bits per heavy atom. The normalized spacial score (nSPS) is 16.0. The maximum Gasteiger partial charge on any atom is 0.228 e. The first-order chi connectivity index (χ1) is 7.24. The predicted octanol–water partition coefficient (Wildman–Crippen LogP) is 1.68. The molecule has 0 fully saturated rings. The molecule has 1 aromatic carbocycles. The monoisotopic (exact) mass is 224 g/mol. The molecule has 3 nitrogen and oxygen atoms in total. The number of alkyl halides is 1. The first-order valence-electron chi connectivity index (χ1n) is 4.90. The molecular formula is C11H13ClN2O. The number of fused-ring (bicyclic) bond motifs is 1. The van der Waals surface area contributed by atoms with E-state index in [1.54, 1.807) is 0 Å². The summed E-state index contributed by atoms with van der Waals surface area (Å²) in [5.41, 5.74) is 3.11. The molecule has 1 unspecified atom stereocenters. The number of hydrogen-bond acceptors (Lipinski definition) is 2. The van der Waals surface area contributed by atoms with Gasteiger partial charge in [-0.3, -0.25) is 4.79 Å². The first kappa shape index (κ1) is 10.5. The second-order valence-electron chi connectivity index (χ2n) is 3.64. The zero-order valence-electron chi connectivity index (χ0n) is 8.51. The van der Waals surface area contributed by atoms with Crippen molar-refractivity contribution in [2.45, 2.75) is 12.5 Å². The molecule has 1 heterocycles. The maximum atomic E-state index is 11.2. The van der Waals surface area contributed by atoms with Gasteiger partial charge in [0.2, 0.25) is 5.91 Å². The van der Waals surface area contributed by atoms with Crippen LogP contribution < -0.4 is 10.6 Å². The quantitative estimate of drug-likeness (QED) is 0.768. The highest BCUT2D eigenvalue weighted by Crippen LogP contribution is 2.26. The van der Waals surface area contributed by atoms with E-state index in [0.29, 0.717) is 12.3 Å². The van der Waals surface area contributed by atoms with Crippen LogP contribution in [-0.4, -0.2) is 18.8 Å². The molecule has 0 radical (unpaired) electrons. The number of carbonyl (C=O) groups is 1. The highest BCUT2D eigenvalue weighted by atomic mass is 35.5. The van der Waals surface area contributed by atoms with Crippen molar-refractivity contribution in [3.05, 3.63) is 29.3 Å². The van der Waals surface area contributed by atoms with Crippen LogP contribution in [0.1, 0.15) is 17.2 Å². The summed E-state index contributed by atoms with van der Waals surface area (Å²) in [5.74, 6) is 0.588. The molecule has 4 heteroatoms. The molecule has 15 heavy (non-hydrogen) atoms. The van der Waals surface area contributed by atoms with E-state index in [-0.39, 0.29) is 11.9 Å². The third-order valence-electron chi connectivity index (χ3n) is 2.66. The van der Waals surface area contributed by atoms with Gasteiger partial charge in [0.05, 0.1) is 6.42 Å². The van der Waals surface area contributed by atoms with Crippen molar-refractivity contribution < 1.29 is 4.79 Å². The number of carbonyl (C=O) groups excluding carboxylic acids is 1. The Morgan fingerprint density at radius 2 is 2.40 bits per heavy atom. The third-order valence-corrected chi connectivity index (χ3v) is 2.97. The summed E-state index contributed by atoms with van der Waals surface area (Å²) in [6.07, 6.45) is 0.474. The van der Waals surface area contributed by atoms with Crippen molar-refractivity contribution in [3.63, 3.8) is 0 Å². The maximum absolute atomic E-state index is 11.2. The average molecular weight is 225 g/mol. The molecule has 1 amide bonds. The van der Waals surface area contributed by atoms with Crippen LogP contribution in [0.5, 0.6) is 0 Å². The van der Waals surface area contributed by atoms with Crippen LogP contribution in [0, 0.1) is 0 Å². The number of benzene rings is 1. The smallest absolute Gasteiger partial charge is 0.228 e. The fourth-order valence-corrected chi connectivity index (χ4v) is 2.13. The standard InChI is InChI=1S/C11H13ClN2O/c1-13-10(6-12)7-2-3-9-8(4-7)5-11(15)14-9/h2-4,10,13H,5-6H2,1H3,(H,14,15). The zero-order valence-corrected chi connectivity index (χ0v) is 9.27. The lowest BCUT2D eigenvalue weighted by Gasteiger charge is -2.14. The number of nitrogens with one attached hydrogen (secondary N) is 2. The fraction of sp³-hybridized carbons (Fsp3) is 0.364. The molecule has 0 saturated heterocycles. The molecule has 0 aliphatic carbocycles. The molecule has 1 aromatic rings. The van der Waals surface area contributed by atoms with E-state index in [0.717, 1.165) is 16.8 Å².